The van der Waals surface area contributed by atoms with E-state index in [1.165, 1.54) is 42.9 Å². The van der Waals surface area contributed by atoms with E-state index in [0.717, 1.165) is 4.57 Å². The van der Waals surface area contributed by atoms with E-state index >= 15 is 0 Å². The predicted octanol–water partition coefficient (Wildman–Crippen LogP) is 1.44. The van der Waals surface area contributed by atoms with Gasteiger partial charge < -0.3 is 16.4 Å². The second kappa shape index (κ2) is 9.28. The average molecular weight is 429 g/mol. The molecule has 0 atom stereocenters. The molecule has 4 N–H and O–H groups in total. The Morgan fingerprint density at radius 2 is 1.87 bits per heavy atom. The van der Waals surface area contributed by atoms with Gasteiger partial charge in [-0.25, -0.2) is 9.97 Å². The van der Waals surface area contributed by atoms with Crippen LogP contribution in [0.4, 0.5) is 20.4 Å². The fourth-order valence-electron chi connectivity index (χ4n) is 2.71. The largest absolute Gasteiger partial charge is 0.382 e. The van der Waals surface area contributed by atoms with Gasteiger partial charge in [-0.1, -0.05) is 30.3 Å². The van der Waals surface area contributed by atoms with Gasteiger partial charge in [-0.3, -0.25) is 19.1 Å². The van der Waals surface area contributed by atoms with Gasteiger partial charge in [0.25, 0.3) is 11.5 Å². The molecule has 0 aliphatic heterocycles. The molecule has 0 unspecified atom stereocenters. The topological polar surface area (TPSA) is 128 Å². The molecular weight excluding hydrogens is 408 g/mol. The monoisotopic (exact) mass is 429 g/mol. The zero-order valence-electron chi connectivity index (χ0n) is 16.7. The number of aromatic nitrogens is 4. The number of carbonyl (C=O) groups is 1. The number of benzene rings is 1. The van der Waals surface area contributed by atoms with Crippen LogP contribution in [-0.4, -0.2) is 32.0 Å². The maximum Gasteiger partial charge on any atom is 0.293 e. The van der Waals surface area contributed by atoms with Gasteiger partial charge in [-0.15, -0.1) is 0 Å². The second-order valence-corrected chi connectivity index (χ2v) is 6.77. The molecule has 0 fully saturated rings. The molecule has 11 heteroatoms. The molecule has 0 radical (unpaired) electrons. The Bertz CT molecular complexity index is 1100. The molecule has 162 valence electrons. The number of anilines is 2. The summed E-state index contributed by atoms with van der Waals surface area (Å²) in [7, 11) is 0. The van der Waals surface area contributed by atoms with E-state index in [1.807, 2.05) is 0 Å². The summed E-state index contributed by atoms with van der Waals surface area (Å²) in [4.78, 5) is 36.7. The number of nitrogens with two attached hydrogens (primary N) is 1. The summed E-state index contributed by atoms with van der Waals surface area (Å²) < 4.78 is 29.9. The van der Waals surface area contributed by atoms with E-state index in [9.17, 15) is 18.4 Å². The summed E-state index contributed by atoms with van der Waals surface area (Å²) in [5.41, 5.74) is 5.51. The number of carbonyl (C=O) groups excluding carboxylic acids is 1. The molecule has 3 rings (SSSR count). The molecule has 0 spiro atoms. The van der Waals surface area contributed by atoms with Crippen LogP contribution in [0, 0.1) is 6.92 Å². The van der Waals surface area contributed by atoms with E-state index in [2.05, 4.69) is 25.6 Å². The summed E-state index contributed by atoms with van der Waals surface area (Å²) in [6.07, 6.45) is 4.12. The maximum absolute atomic E-state index is 14.4. The van der Waals surface area contributed by atoms with Crippen LogP contribution in [0.2, 0.25) is 0 Å². The van der Waals surface area contributed by atoms with Gasteiger partial charge >= 0.3 is 0 Å². The fourth-order valence-corrected chi connectivity index (χ4v) is 2.71. The molecular formula is C20H21F2N7O2. The van der Waals surface area contributed by atoms with Gasteiger partial charge in [0.2, 0.25) is 5.91 Å². The van der Waals surface area contributed by atoms with Crippen LogP contribution in [0.15, 0.2) is 53.7 Å². The molecule has 1 aromatic carbocycles. The first-order chi connectivity index (χ1) is 14.8. The number of rotatable bonds is 8. The van der Waals surface area contributed by atoms with Crippen molar-refractivity contribution in [2.45, 2.75) is 25.9 Å². The summed E-state index contributed by atoms with van der Waals surface area (Å²) in [5.74, 6) is -3.68. The Hall–Kier alpha value is -3.89. The predicted molar refractivity (Wildman–Crippen MR) is 110 cm³/mol. The third-order valence-corrected chi connectivity index (χ3v) is 4.42. The molecule has 2 aromatic heterocycles. The summed E-state index contributed by atoms with van der Waals surface area (Å²) >= 11 is 0. The molecule has 9 nitrogen and oxygen atoms in total. The Morgan fingerprint density at radius 1 is 1.13 bits per heavy atom. The molecule has 0 bridgehead atoms. The Morgan fingerprint density at radius 3 is 2.55 bits per heavy atom. The van der Waals surface area contributed by atoms with Crippen molar-refractivity contribution in [3.05, 3.63) is 76.2 Å². The average Bonchev–Trinajstić information content (AvgIpc) is 2.76. The summed E-state index contributed by atoms with van der Waals surface area (Å²) in [6.45, 7) is 0.568. The molecule has 0 aliphatic rings. The van der Waals surface area contributed by atoms with Crippen molar-refractivity contribution >= 4 is 17.5 Å². The van der Waals surface area contributed by atoms with Crippen molar-refractivity contribution < 1.29 is 13.6 Å². The quantitative estimate of drug-likeness (QED) is 0.494. The number of hydrogen-bond acceptors (Lipinski definition) is 7. The van der Waals surface area contributed by atoms with Crippen LogP contribution >= 0.6 is 0 Å². The van der Waals surface area contributed by atoms with Crippen LogP contribution < -0.4 is 21.9 Å². The van der Waals surface area contributed by atoms with Crippen molar-refractivity contribution in [2.75, 3.05) is 17.6 Å². The first kappa shape index (κ1) is 21.8. The molecule has 0 aliphatic carbocycles. The van der Waals surface area contributed by atoms with Crippen molar-refractivity contribution in [2.24, 2.45) is 0 Å². The first-order valence-corrected chi connectivity index (χ1v) is 9.33. The lowest BCUT2D eigenvalue weighted by Gasteiger charge is -2.18. The van der Waals surface area contributed by atoms with E-state index < -0.39 is 23.9 Å². The molecule has 0 saturated heterocycles. The third kappa shape index (κ3) is 5.59. The fraction of sp³-hybridized carbons (Fsp3) is 0.250. The molecule has 2 heterocycles. The van der Waals surface area contributed by atoms with Gasteiger partial charge in [0.05, 0.1) is 31.2 Å². The number of nitrogens with zero attached hydrogens (tertiary/aromatic N) is 4. The number of aryl methyl sites for hydroxylation is 1. The van der Waals surface area contributed by atoms with E-state index in [-0.39, 0.29) is 30.3 Å². The Kier molecular flexibility index (Phi) is 6.53. The highest BCUT2D eigenvalue weighted by Crippen LogP contribution is 2.27. The summed E-state index contributed by atoms with van der Waals surface area (Å²) in [5, 5.41) is 5.02. The normalized spacial score (nSPS) is 11.2. The van der Waals surface area contributed by atoms with E-state index in [4.69, 9.17) is 5.73 Å². The number of hydrogen-bond donors (Lipinski definition) is 3. The van der Waals surface area contributed by atoms with Crippen LogP contribution in [0.25, 0.3) is 0 Å². The second-order valence-electron chi connectivity index (χ2n) is 6.77. The van der Waals surface area contributed by atoms with Crippen molar-refractivity contribution in [1.82, 2.24) is 24.8 Å². The zero-order chi connectivity index (χ0) is 22.4. The summed E-state index contributed by atoms with van der Waals surface area (Å²) in [6, 6.07) is 7.26. The zero-order valence-corrected chi connectivity index (χ0v) is 16.7. The highest BCUT2D eigenvalue weighted by Gasteiger charge is 2.31. The third-order valence-electron chi connectivity index (χ3n) is 4.42. The standard InChI is InChI=1S/C20H21F2N7O2/c1-13-7-27-18(28-12-20(21,22)14-5-3-2-4-6-14)19(31)29(13)11-17(30)26-9-15-8-25-16(23)10-24-15/h2-8,10H,9,11-12H2,1H3,(H2,23,25)(H,26,30)(H,27,28). The van der Waals surface area contributed by atoms with E-state index in [1.54, 1.807) is 13.0 Å². The van der Waals surface area contributed by atoms with Crippen molar-refractivity contribution in [3.63, 3.8) is 0 Å². The Labute approximate surface area is 176 Å². The van der Waals surface area contributed by atoms with Crippen molar-refractivity contribution in [3.8, 4) is 0 Å². The molecule has 1 amide bonds. The van der Waals surface area contributed by atoms with Gasteiger partial charge in [0, 0.05) is 17.5 Å². The molecule has 31 heavy (non-hydrogen) atoms. The number of alkyl halides is 2. The SMILES string of the molecule is Cc1cnc(NCC(F)(F)c2ccccc2)c(=O)n1CC(=O)NCc1cnc(N)cn1. The van der Waals surface area contributed by atoms with Crippen LogP contribution in [-0.2, 0) is 23.8 Å². The van der Waals surface area contributed by atoms with Gasteiger partial charge in [0.15, 0.2) is 5.82 Å². The number of nitrogens with one attached hydrogen (secondary N) is 2. The highest BCUT2D eigenvalue weighted by atomic mass is 19.3. The molecule has 3 aromatic rings. The van der Waals surface area contributed by atoms with Gasteiger partial charge in [-0.05, 0) is 6.92 Å². The van der Waals surface area contributed by atoms with Gasteiger partial charge in [-0.2, -0.15) is 8.78 Å². The van der Waals surface area contributed by atoms with Crippen molar-refractivity contribution in [1.29, 1.82) is 0 Å². The minimum absolute atomic E-state index is 0.0966. The Balaban J connectivity index is 1.66. The first-order valence-electron chi connectivity index (χ1n) is 9.33. The lowest BCUT2D eigenvalue weighted by atomic mass is 10.1. The lowest BCUT2D eigenvalue weighted by Crippen LogP contribution is -2.35. The minimum Gasteiger partial charge on any atom is -0.382 e. The molecule has 0 saturated carbocycles. The van der Waals surface area contributed by atoms with Gasteiger partial charge in [0.1, 0.15) is 12.4 Å². The van der Waals surface area contributed by atoms with Crippen LogP contribution in [0.1, 0.15) is 17.0 Å². The maximum atomic E-state index is 14.4. The minimum atomic E-state index is -3.21. The number of halogens is 2. The smallest absolute Gasteiger partial charge is 0.293 e. The van der Waals surface area contributed by atoms with Crippen LogP contribution in [0.5, 0.6) is 0 Å². The lowest BCUT2D eigenvalue weighted by molar-refractivity contribution is -0.121. The van der Waals surface area contributed by atoms with Crippen LogP contribution in [0.3, 0.4) is 0 Å². The highest BCUT2D eigenvalue weighted by molar-refractivity contribution is 5.75. The van der Waals surface area contributed by atoms with E-state index in [0.29, 0.717) is 11.4 Å². The number of amides is 1. The number of nitrogen functional groups attached to an aromatic ring is 1.